The largest absolute Gasteiger partial charge is 0.478 e. The minimum absolute atomic E-state index is 0.203. The number of hydrogen-bond acceptors (Lipinski definition) is 3. The Morgan fingerprint density at radius 1 is 0.889 bits per heavy atom. The van der Waals surface area contributed by atoms with Crippen molar-refractivity contribution in [3.63, 3.8) is 0 Å². The summed E-state index contributed by atoms with van der Waals surface area (Å²) in [6.07, 6.45) is 0.415. The van der Waals surface area contributed by atoms with Crippen molar-refractivity contribution in [3.8, 4) is 17.3 Å². The molecule has 0 bridgehead atoms. The number of alkyl halides is 3. The van der Waals surface area contributed by atoms with Gasteiger partial charge in [-0.1, -0.05) is 50.1 Å². The Hall–Kier alpha value is -3.55. The van der Waals surface area contributed by atoms with Crippen molar-refractivity contribution in [2.75, 3.05) is 6.61 Å². The van der Waals surface area contributed by atoms with E-state index in [1.807, 2.05) is 0 Å². The molecular weight excluding hydrogens is 475 g/mol. The monoisotopic (exact) mass is 500 g/mol. The SMILES string of the molecule is CCCCCOc1ccnc(-c2ccc3c(F)c(CCc4ccc(C(F)(F)F)c(F)c4)ccc3c2)n1. The second-order valence-electron chi connectivity index (χ2n) is 8.56. The number of ether oxygens (including phenoxy) is 1. The van der Waals surface area contributed by atoms with Crippen LogP contribution in [-0.2, 0) is 19.0 Å². The lowest BCUT2D eigenvalue weighted by molar-refractivity contribution is -0.140. The zero-order valence-electron chi connectivity index (χ0n) is 19.7. The van der Waals surface area contributed by atoms with Gasteiger partial charge in [-0.05, 0) is 54.0 Å². The third kappa shape index (κ3) is 5.98. The van der Waals surface area contributed by atoms with E-state index in [0.29, 0.717) is 45.8 Å². The second kappa shape index (κ2) is 11.0. The zero-order chi connectivity index (χ0) is 25.7. The van der Waals surface area contributed by atoms with Crippen molar-refractivity contribution in [1.82, 2.24) is 9.97 Å². The van der Waals surface area contributed by atoms with Crippen molar-refractivity contribution in [2.45, 2.75) is 45.2 Å². The minimum atomic E-state index is -4.75. The predicted molar refractivity (Wildman–Crippen MR) is 129 cm³/mol. The molecule has 3 nitrogen and oxygen atoms in total. The molecule has 8 heteroatoms. The Kier molecular flexibility index (Phi) is 7.82. The standard InChI is InChI=1S/C28H25F5N2O/c1-2-3-4-15-36-25-13-14-34-27(35-25)21-10-11-22-20(17-21)9-8-19(26(22)30)7-5-18-6-12-23(24(29)16-18)28(31,32)33/h6,8-14,16-17H,2-5,7,15H2,1H3. The second-order valence-corrected chi connectivity index (χ2v) is 8.56. The van der Waals surface area contributed by atoms with Crippen LogP contribution in [0.4, 0.5) is 22.0 Å². The molecular formula is C28H25F5N2O. The number of aromatic nitrogens is 2. The minimum Gasteiger partial charge on any atom is -0.478 e. The molecule has 0 aliphatic rings. The third-order valence-corrected chi connectivity index (χ3v) is 5.94. The van der Waals surface area contributed by atoms with Crippen LogP contribution in [0.25, 0.3) is 22.2 Å². The maximum Gasteiger partial charge on any atom is 0.419 e. The van der Waals surface area contributed by atoms with Gasteiger partial charge in [0.2, 0.25) is 5.88 Å². The maximum atomic E-state index is 15.2. The molecule has 0 aliphatic heterocycles. The Balaban J connectivity index is 1.49. The zero-order valence-corrected chi connectivity index (χ0v) is 19.7. The van der Waals surface area contributed by atoms with Crippen molar-refractivity contribution < 1.29 is 26.7 Å². The van der Waals surface area contributed by atoms with Gasteiger partial charge in [0.15, 0.2) is 5.82 Å². The fraction of sp³-hybridized carbons (Fsp3) is 0.286. The van der Waals surface area contributed by atoms with Crippen LogP contribution in [0.5, 0.6) is 5.88 Å². The molecule has 1 heterocycles. The van der Waals surface area contributed by atoms with Gasteiger partial charge in [0.25, 0.3) is 0 Å². The van der Waals surface area contributed by atoms with Crippen molar-refractivity contribution in [3.05, 3.63) is 89.1 Å². The first-order valence-corrected chi connectivity index (χ1v) is 11.8. The summed E-state index contributed by atoms with van der Waals surface area (Å²) in [4.78, 5) is 8.76. The van der Waals surface area contributed by atoms with Crippen molar-refractivity contribution in [2.24, 2.45) is 0 Å². The van der Waals surface area contributed by atoms with Crippen LogP contribution in [0, 0.1) is 11.6 Å². The number of nitrogens with zero attached hydrogens (tertiary/aromatic N) is 2. The van der Waals surface area contributed by atoms with Crippen LogP contribution in [0.3, 0.4) is 0 Å². The number of unbranched alkanes of at least 4 members (excludes halogenated alkanes) is 2. The van der Waals surface area contributed by atoms with Crippen LogP contribution in [0.1, 0.15) is 42.9 Å². The first-order chi connectivity index (χ1) is 17.3. The normalized spacial score (nSPS) is 11.7. The van der Waals surface area contributed by atoms with Crippen LogP contribution in [0.15, 0.2) is 60.8 Å². The molecule has 0 atom stereocenters. The number of rotatable bonds is 9. The van der Waals surface area contributed by atoms with Gasteiger partial charge in [0.05, 0.1) is 12.2 Å². The summed E-state index contributed by atoms with van der Waals surface area (Å²) < 4.78 is 73.0. The highest BCUT2D eigenvalue weighted by Crippen LogP contribution is 2.32. The van der Waals surface area contributed by atoms with E-state index in [1.54, 1.807) is 42.6 Å². The first-order valence-electron chi connectivity index (χ1n) is 11.8. The van der Waals surface area contributed by atoms with E-state index in [2.05, 4.69) is 16.9 Å². The smallest absolute Gasteiger partial charge is 0.419 e. The van der Waals surface area contributed by atoms with Crippen LogP contribution < -0.4 is 4.74 Å². The summed E-state index contributed by atoms with van der Waals surface area (Å²) in [6.45, 7) is 2.70. The molecule has 0 N–H and O–H groups in total. The Bertz CT molecular complexity index is 1350. The van der Waals surface area contributed by atoms with Gasteiger partial charge in [0, 0.05) is 23.2 Å². The predicted octanol–water partition coefficient (Wildman–Crippen LogP) is 7.95. The quantitative estimate of drug-likeness (QED) is 0.173. The Morgan fingerprint density at radius 3 is 2.47 bits per heavy atom. The van der Waals surface area contributed by atoms with Gasteiger partial charge in [-0.25, -0.2) is 13.8 Å². The van der Waals surface area contributed by atoms with Crippen LogP contribution >= 0.6 is 0 Å². The Morgan fingerprint density at radius 2 is 1.72 bits per heavy atom. The molecule has 0 amide bonds. The molecule has 0 aliphatic carbocycles. The fourth-order valence-electron chi connectivity index (χ4n) is 3.98. The molecule has 1 aromatic heterocycles. The van der Waals surface area contributed by atoms with Gasteiger partial charge in [-0.3, -0.25) is 0 Å². The highest BCUT2D eigenvalue weighted by atomic mass is 19.4. The van der Waals surface area contributed by atoms with Gasteiger partial charge < -0.3 is 4.74 Å². The number of hydrogen-bond donors (Lipinski definition) is 0. The number of fused-ring (bicyclic) bond motifs is 1. The molecule has 4 aromatic rings. The topological polar surface area (TPSA) is 35.0 Å². The lowest BCUT2D eigenvalue weighted by atomic mass is 9.98. The van der Waals surface area contributed by atoms with E-state index in [1.165, 1.54) is 6.07 Å². The number of benzene rings is 3. The molecule has 0 saturated heterocycles. The highest BCUT2D eigenvalue weighted by molar-refractivity contribution is 5.87. The lowest BCUT2D eigenvalue weighted by Crippen LogP contribution is -2.08. The van der Waals surface area contributed by atoms with Gasteiger partial charge >= 0.3 is 6.18 Å². The van der Waals surface area contributed by atoms with E-state index in [0.717, 1.165) is 31.4 Å². The Labute approximate surface area is 206 Å². The maximum absolute atomic E-state index is 15.2. The summed E-state index contributed by atoms with van der Waals surface area (Å²) in [5, 5.41) is 1.06. The van der Waals surface area contributed by atoms with E-state index < -0.39 is 23.4 Å². The third-order valence-electron chi connectivity index (χ3n) is 5.94. The molecule has 3 aromatic carbocycles. The molecule has 0 spiro atoms. The van der Waals surface area contributed by atoms with E-state index >= 15 is 4.39 Å². The summed E-state index contributed by atoms with van der Waals surface area (Å²) in [6, 6.07) is 13.1. The number of aryl methyl sites for hydroxylation is 2. The van der Waals surface area contributed by atoms with E-state index in [9.17, 15) is 17.6 Å². The fourth-order valence-corrected chi connectivity index (χ4v) is 3.98. The molecule has 4 rings (SSSR count). The van der Waals surface area contributed by atoms with Gasteiger partial charge in [-0.15, -0.1) is 0 Å². The highest BCUT2D eigenvalue weighted by Gasteiger charge is 2.33. The summed E-state index contributed by atoms with van der Waals surface area (Å²) in [5.41, 5.74) is 0.170. The average Bonchev–Trinajstić information content (AvgIpc) is 2.85. The molecule has 0 radical (unpaired) electrons. The summed E-state index contributed by atoms with van der Waals surface area (Å²) in [7, 11) is 0. The molecule has 188 valence electrons. The average molecular weight is 501 g/mol. The molecule has 36 heavy (non-hydrogen) atoms. The summed E-state index contributed by atoms with van der Waals surface area (Å²) in [5.74, 6) is -0.791. The van der Waals surface area contributed by atoms with E-state index in [4.69, 9.17) is 4.74 Å². The first kappa shape index (κ1) is 25.5. The lowest BCUT2D eigenvalue weighted by Gasteiger charge is -2.11. The molecule has 0 fully saturated rings. The van der Waals surface area contributed by atoms with Crippen LogP contribution in [0.2, 0.25) is 0 Å². The van der Waals surface area contributed by atoms with Crippen molar-refractivity contribution >= 4 is 10.8 Å². The van der Waals surface area contributed by atoms with Gasteiger partial charge in [0.1, 0.15) is 11.6 Å². The number of halogens is 5. The molecule has 0 saturated carbocycles. The van der Waals surface area contributed by atoms with Gasteiger partial charge in [-0.2, -0.15) is 18.2 Å². The summed E-state index contributed by atoms with van der Waals surface area (Å²) >= 11 is 0. The molecule has 0 unspecified atom stereocenters. The van der Waals surface area contributed by atoms with Crippen molar-refractivity contribution in [1.29, 1.82) is 0 Å². The van der Waals surface area contributed by atoms with E-state index in [-0.39, 0.29) is 12.8 Å². The van der Waals surface area contributed by atoms with Crippen LogP contribution in [-0.4, -0.2) is 16.6 Å².